The molecule has 3 aromatic rings. The van der Waals surface area contributed by atoms with Crippen LogP contribution >= 0.6 is 11.3 Å². The highest BCUT2D eigenvalue weighted by atomic mass is 32.2. The number of anilines is 1. The number of likely N-dealkylation sites (tertiary alicyclic amines) is 1. The molecule has 1 fully saturated rings. The molecule has 1 aliphatic rings. The molecule has 0 aliphatic carbocycles. The highest BCUT2D eigenvalue weighted by Gasteiger charge is 2.28. The van der Waals surface area contributed by atoms with Gasteiger partial charge in [-0.3, -0.25) is 9.59 Å². The van der Waals surface area contributed by atoms with Crippen LogP contribution in [0.4, 0.5) is 5.69 Å². The van der Waals surface area contributed by atoms with E-state index in [1.165, 1.54) is 27.8 Å². The van der Waals surface area contributed by atoms with Crippen LogP contribution in [0.2, 0.25) is 0 Å². The standard InChI is InChI=1S/C25H27N3O4S2/c1-27(18-19-6-3-2-4-7-19)34(31,32)22-11-9-21(10-12-22)26-24(29)20-13-15-28(16-14-20)25(30)23-8-5-17-33-23/h2-12,17,20H,13-16,18H2,1H3,(H,26,29). The van der Waals surface area contributed by atoms with Gasteiger partial charge in [0.25, 0.3) is 5.91 Å². The molecule has 1 saturated heterocycles. The molecule has 7 nitrogen and oxygen atoms in total. The molecule has 2 aromatic carbocycles. The molecule has 1 N–H and O–H groups in total. The number of carbonyl (C=O) groups excluding carboxylic acids is 2. The van der Waals surface area contributed by atoms with Gasteiger partial charge in [-0.05, 0) is 54.1 Å². The first-order valence-corrected chi connectivity index (χ1v) is 13.4. The van der Waals surface area contributed by atoms with E-state index < -0.39 is 10.0 Å². The third-order valence-corrected chi connectivity index (χ3v) is 8.64. The van der Waals surface area contributed by atoms with Crippen molar-refractivity contribution < 1.29 is 18.0 Å². The van der Waals surface area contributed by atoms with Crippen LogP contribution in [0.1, 0.15) is 28.1 Å². The summed E-state index contributed by atoms with van der Waals surface area (Å²) in [6.07, 6.45) is 1.19. The van der Waals surface area contributed by atoms with E-state index in [9.17, 15) is 18.0 Å². The van der Waals surface area contributed by atoms with E-state index >= 15 is 0 Å². The predicted octanol–water partition coefficient (Wildman–Crippen LogP) is 4.06. The van der Waals surface area contributed by atoms with E-state index in [2.05, 4.69) is 5.32 Å². The number of hydrogen-bond acceptors (Lipinski definition) is 5. The fraction of sp³-hybridized carbons (Fsp3) is 0.280. The van der Waals surface area contributed by atoms with E-state index in [1.54, 1.807) is 24.1 Å². The lowest BCUT2D eigenvalue weighted by atomic mass is 9.95. The van der Waals surface area contributed by atoms with Gasteiger partial charge in [-0.2, -0.15) is 4.31 Å². The zero-order valence-electron chi connectivity index (χ0n) is 18.9. The van der Waals surface area contributed by atoms with Gasteiger partial charge in [-0.1, -0.05) is 36.4 Å². The number of sulfonamides is 1. The average molecular weight is 498 g/mol. The number of rotatable bonds is 7. The van der Waals surface area contributed by atoms with E-state index in [0.29, 0.717) is 36.5 Å². The molecule has 9 heteroatoms. The van der Waals surface area contributed by atoms with Crippen LogP contribution in [0.3, 0.4) is 0 Å². The molecule has 0 spiro atoms. The van der Waals surface area contributed by atoms with Gasteiger partial charge in [0, 0.05) is 38.3 Å². The monoisotopic (exact) mass is 497 g/mol. The fourth-order valence-electron chi connectivity index (χ4n) is 3.96. The van der Waals surface area contributed by atoms with E-state index in [1.807, 2.05) is 47.8 Å². The molecular formula is C25H27N3O4S2. The molecule has 0 atom stereocenters. The lowest BCUT2D eigenvalue weighted by Gasteiger charge is -2.31. The van der Waals surface area contributed by atoms with Gasteiger partial charge >= 0.3 is 0 Å². The van der Waals surface area contributed by atoms with Gasteiger partial charge in [-0.15, -0.1) is 11.3 Å². The van der Waals surface area contributed by atoms with Crippen molar-refractivity contribution >= 4 is 38.9 Å². The van der Waals surface area contributed by atoms with Crippen molar-refractivity contribution in [3.05, 3.63) is 82.6 Å². The second-order valence-electron chi connectivity index (χ2n) is 8.30. The zero-order valence-corrected chi connectivity index (χ0v) is 20.5. The van der Waals surface area contributed by atoms with Crippen molar-refractivity contribution in [1.29, 1.82) is 0 Å². The molecule has 2 amide bonds. The quantitative estimate of drug-likeness (QED) is 0.533. The Hall–Kier alpha value is -3.01. The topological polar surface area (TPSA) is 86.8 Å². The highest BCUT2D eigenvalue weighted by molar-refractivity contribution is 7.89. The SMILES string of the molecule is CN(Cc1ccccc1)S(=O)(=O)c1ccc(NC(=O)C2CCN(C(=O)c3cccs3)CC2)cc1. The highest BCUT2D eigenvalue weighted by Crippen LogP contribution is 2.24. The number of hydrogen-bond donors (Lipinski definition) is 1. The maximum atomic E-state index is 12.9. The van der Waals surface area contributed by atoms with Crippen molar-refractivity contribution in [2.75, 3.05) is 25.5 Å². The zero-order chi connectivity index (χ0) is 24.1. The van der Waals surface area contributed by atoms with Gasteiger partial charge in [0.2, 0.25) is 15.9 Å². The number of thiophene rings is 1. The minimum Gasteiger partial charge on any atom is -0.338 e. The van der Waals surface area contributed by atoms with Crippen molar-refractivity contribution in [1.82, 2.24) is 9.21 Å². The molecule has 1 aliphatic heterocycles. The Bertz CT molecular complexity index is 1220. The summed E-state index contributed by atoms with van der Waals surface area (Å²) in [7, 11) is -2.10. The number of amides is 2. The minimum absolute atomic E-state index is 0.0166. The lowest BCUT2D eigenvalue weighted by molar-refractivity contribution is -0.121. The summed E-state index contributed by atoms with van der Waals surface area (Å²) in [6.45, 7) is 1.36. The van der Waals surface area contributed by atoms with Crippen LogP contribution in [0, 0.1) is 5.92 Å². The summed E-state index contributed by atoms with van der Waals surface area (Å²) >= 11 is 1.42. The van der Waals surface area contributed by atoms with E-state index in [0.717, 1.165) is 5.56 Å². The van der Waals surface area contributed by atoms with E-state index in [-0.39, 0.29) is 29.2 Å². The van der Waals surface area contributed by atoms with Gasteiger partial charge in [0.05, 0.1) is 9.77 Å². The first-order valence-electron chi connectivity index (χ1n) is 11.1. The average Bonchev–Trinajstić information content (AvgIpc) is 3.40. The maximum Gasteiger partial charge on any atom is 0.263 e. The van der Waals surface area contributed by atoms with Crippen LogP contribution in [0.15, 0.2) is 77.0 Å². The maximum absolute atomic E-state index is 12.9. The van der Waals surface area contributed by atoms with Gasteiger partial charge in [0.15, 0.2) is 0 Å². The van der Waals surface area contributed by atoms with Crippen LogP contribution in [0.25, 0.3) is 0 Å². The second kappa shape index (κ2) is 10.5. The molecule has 2 heterocycles. The van der Waals surface area contributed by atoms with Gasteiger partial charge in [-0.25, -0.2) is 8.42 Å². The second-order valence-corrected chi connectivity index (χ2v) is 11.3. The number of nitrogens with one attached hydrogen (secondary N) is 1. The fourth-order valence-corrected chi connectivity index (χ4v) is 5.81. The number of carbonyl (C=O) groups is 2. The third kappa shape index (κ3) is 5.55. The van der Waals surface area contributed by atoms with Crippen LogP contribution in [0.5, 0.6) is 0 Å². The Morgan fingerprint density at radius 1 is 1.00 bits per heavy atom. The lowest BCUT2D eigenvalue weighted by Crippen LogP contribution is -2.41. The summed E-state index contributed by atoms with van der Waals surface area (Å²) in [4.78, 5) is 27.9. The Kier molecular flexibility index (Phi) is 7.45. The van der Waals surface area contributed by atoms with Crippen molar-refractivity contribution in [3.63, 3.8) is 0 Å². The van der Waals surface area contributed by atoms with Crippen LogP contribution in [-0.4, -0.2) is 49.6 Å². The first-order chi connectivity index (χ1) is 16.3. The summed E-state index contributed by atoms with van der Waals surface area (Å²) in [5, 5.41) is 4.76. The Balaban J connectivity index is 1.32. The summed E-state index contributed by atoms with van der Waals surface area (Å²) < 4.78 is 27.1. The van der Waals surface area contributed by atoms with Crippen LogP contribution in [-0.2, 0) is 21.4 Å². The smallest absolute Gasteiger partial charge is 0.263 e. The predicted molar refractivity (Wildman–Crippen MR) is 133 cm³/mol. The largest absolute Gasteiger partial charge is 0.338 e. The molecule has 178 valence electrons. The molecule has 0 radical (unpaired) electrons. The van der Waals surface area contributed by atoms with E-state index in [4.69, 9.17) is 0 Å². The first kappa shape index (κ1) is 24.1. The summed E-state index contributed by atoms with van der Waals surface area (Å²) in [5.41, 5.74) is 1.45. The normalized spacial score (nSPS) is 14.8. The molecule has 1 aromatic heterocycles. The Labute approximate surface area is 204 Å². The third-order valence-electron chi connectivity index (χ3n) is 5.96. The van der Waals surface area contributed by atoms with Gasteiger partial charge in [0.1, 0.15) is 0 Å². The Morgan fingerprint density at radius 3 is 2.29 bits per heavy atom. The molecule has 0 unspecified atom stereocenters. The van der Waals surface area contributed by atoms with Crippen molar-refractivity contribution in [3.8, 4) is 0 Å². The summed E-state index contributed by atoms with van der Waals surface area (Å²) in [5.74, 6) is -0.282. The molecule has 34 heavy (non-hydrogen) atoms. The molecular weight excluding hydrogens is 470 g/mol. The Morgan fingerprint density at radius 2 is 1.68 bits per heavy atom. The minimum atomic E-state index is -3.65. The van der Waals surface area contributed by atoms with Crippen molar-refractivity contribution in [2.24, 2.45) is 5.92 Å². The molecule has 4 rings (SSSR count). The number of nitrogens with zero attached hydrogens (tertiary/aromatic N) is 2. The molecule has 0 bridgehead atoms. The van der Waals surface area contributed by atoms with Gasteiger partial charge < -0.3 is 10.2 Å². The van der Waals surface area contributed by atoms with Crippen LogP contribution < -0.4 is 5.32 Å². The summed E-state index contributed by atoms with van der Waals surface area (Å²) in [6, 6.07) is 19.3. The number of piperidine rings is 1. The molecule has 0 saturated carbocycles. The van der Waals surface area contributed by atoms with Crippen molar-refractivity contribution in [2.45, 2.75) is 24.3 Å². The number of benzene rings is 2.